The number of likely N-dealkylation sites (N-methyl/N-ethyl adjacent to an activating group) is 1. The van der Waals surface area contributed by atoms with E-state index in [1.165, 1.54) is 25.7 Å². The Bertz CT molecular complexity index is 2030. The summed E-state index contributed by atoms with van der Waals surface area (Å²) in [5.41, 5.74) is 14.3. The fourth-order valence-corrected chi connectivity index (χ4v) is 13.0. The zero-order valence-corrected chi connectivity index (χ0v) is 35.8. The molecule has 0 spiro atoms. The molecule has 4 bridgehead atoms. The van der Waals surface area contributed by atoms with Crippen LogP contribution in [-0.4, -0.2) is 98.1 Å². The maximum atomic E-state index is 12.3. The third kappa shape index (κ3) is 5.85. The van der Waals surface area contributed by atoms with Crippen LogP contribution in [0.5, 0.6) is 11.5 Å². The molecule has 1 radical (unpaired) electrons. The summed E-state index contributed by atoms with van der Waals surface area (Å²) < 4.78 is 0.910. The van der Waals surface area contributed by atoms with E-state index >= 15 is 0 Å². The van der Waals surface area contributed by atoms with E-state index in [0.717, 1.165) is 108 Å². The second-order valence-corrected chi connectivity index (χ2v) is 19.3. The number of carbonyl (C=O) groups is 2. The van der Waals surface area contributed by atoms with E-state index in [9.17, 15) is 30.0 Å². The van der Waals surface area contributed by atoms with Gasteiger partial charge in [-0.3, -0.25) is 14.5 Å². The predicted octanol–water partition coefficient (Wildman–Crippen LogP) is 4.62. The van der Waals surface area contributed by atoms with Crippen LogP contribution in [0.25, 0.3) is 0 Å². The van der Waals surface area contributed by atoms with Gasteiger partial charge in [0, 0.05) is 86.0 Å². The van der Waals surface area contributed by atoms with Gasteiger partial charge in [-0.2, -0.15) is 0 Å². The molecule has 2 saturated heterocycles. The van der Waals surface area contributed by atoms with Crippen molar-refractivity contribution in [3.8, 4) is 11.5 Å². The second kappa shape index (κ2) is 13.7. The summed E-state index contributed by atoms with van der Waals surface area (Å²) in [7, 11) is 2.32. The number of hydrogen-bond donors (Lipinski definition) is 6. The van der Waals surface area contributed by atoms with E-state index in [-0.39, 0.29) is 67.4 Å². The number of aliphatic hydroxyl groups is 2. The van der Waals surface area contributed by atoms with Crippen LogP contribution in [0.3, 0.4) is 0 Å². The molecule has 11 heteroatoms. The topological polar surface area (TPSA) is 170 Å². The Hall–Kier alpha value is -2.60. The number of quaternary nitrogens is 1. The van der Waals surface area contributed by atoms with Gasteiger partial charge in [0.25, 0.3) is 11.8 Å². The van der Waals surface area contributed by atoms with Gasteiger partial charge < -0.3 is 36.4 Å². The standard InChI is InChI=1S/C23H30N2O3.C22H28N2O3.Y/c1-14-7-8-23(28)18-11-16-5-6-17(21(24)27)20(26)19(16)22(23,12-14)9-10-25(18,2)13-15-3-4-15;1-13-6-7-22(27)17-10-15-4-5-16(20(23)26)19(25)18(15)21(22,11-13)8-9-24(17)12-14-2-3-14;/h5-6,15,18,28H,1,3-4,7-13H2,2H3,(H2-,24,26,27);4-5,14,17,25,27H,1-3,6-12H2,(H2,23,26);/p+1. The SMILES string of the molecule is C=C1CCC2(O)C3Cc4ccc(C(N)=O)c(O)c4C2(CCN3CC2CC2)C1.C=C1CCC2(O)C3Cc4ccc(C(N)=O)c(O)c4C2(CC[N+]3(C)CC2CC2)C1.[Y]. The molecule has 4 saturated carbocycles. The van der Waals surface area contributed by atoms with Gasteiger partial charge >= 0.3 is 0 Å². The number of phenols is 2. The molecule has 7 unspecified atom stereocenters. The molecule has 10 rings (SSSR count). The van der Waals surface area contributed by atoms with Crippen LogP contribution in [0.2, 0.25) is 0 Å². The zero-order valence-electron chi connectivity index (χ0n) is 33.0. The van der Waals surface area contributed by atoms with Gasteiger partial charge in [-0.15, -0.1) is 0 Å². The number of nitrogens with zero attached hydrogens (tertiary/aromatic N) is 2. The fraction of sp³-hybridized carbons (Fsp3) is 0.600. The number of likely N-dealkylation sites (tertiary alicyclic amines) is 2. The van der Waals surface area contributed by atoms with E-state index in [4.69, 9.17) is 11.5 Å². The first-order chi connectivity index (χ1) is 26.1. The molecular formula is C45H59N4O6Y+. The molecule has 2 aromatic carbocycles. The monoisotopic (exact) mass is 840 g/mol. The van der Waals surface area contributed by atoms with E-state index < -0.39 is 33.8 Å². The number of primary amides is 2. The molecule has 297 valence electrons. The molecule has 6 aliphatic carbocycles. The molecule has 56 heavy (non-hydrogen) atoms. The molecule has 8 aliphatic rings. The van der Waals surface area contributed by atoms with Crippen molar-refractivity contribution < 1.29 is 67.2 Å². The Morgan fingerprint density at radius 1 is 0.786 bits per heavy atom. The first-order valence-electron chi connectivity index (χ1n) is 20.7. The van der Waals surface area contributed by atoms with E-state index in [0.29, 0.717) is 32.1 Å². The average Bonchev–Trinajstić information content (AvgIpc) is 4.07. The molecule has 8 N–H and O–H groups in total. The van der Waals surface area contributed by atoms with Gasteiger partial charge in [0.05, 0.1) is 36.9 Å². The number of carbonyl (C=O) groups excluding carboxylic acids is 2. The van der Waals surface area contributed by atoms with Crippen molar-refractivity contribution in [3.05, 3.63) is 82.0 Å². The van der Waals surface area contributed by atoms with Crippen LogP contribution in [0, 0.1) is 11.8 Å². The van der Waals surface area contributed by atoms with Crippen molar-refractivity contribution in [1.29, 1.82) is 0 Å². The van der Waals surface area contributed by atoms with Gasteiger partial charge in [-0.25, -0.2) is 0 Å². The van der Waals surface area contributed by atoms with Crippen molar-refractivity contribution in [2.45, 2.75) is 124 Å². The van der Waals surface area contributed by atoms with Crippen LogP contribution in [0.1, 0.15) is 120 Å². The number of benzene rings is 2. The molecule has 7 atom stereocenters. The summed E-state index contributed by atoms with van der Waals surface area (Å²) >= 11 is 0. The van der Waals surface area contributed by atoms with Crippen molar-refractivity contribution in [2.24, 2.45) is 23.3 Å². The number of nitrogens with two attached hydrogens (primary N) is 2. The number of allylic oxidation sites excluding steroid dienone is 2. The summed E-state index contributed by atoms with van der Waals surface area (Å²) in [6.07, 6.45) is 12.5. The number of aromatic hydroxyl groups is 2. The number of fused-ring (bicyclic) bond motifs is 2. The third-order valence-electron chi connectivity index (χ3n) is 16.1. The fourth-order valence-electron chi connectivity index (χ4n) is 13.0. The second-order valence-electron chi connectivity index (χ2n) is 19.3. The van der Waals surface area contributed by atoms with Crippen LogP contribution >= 0.6 is 0 Å². The van der Waals surface area contributed by atoms with Crippen LogP contribution < -0.4 is 11.5 Å². The van der Waals surface area contributed by atoms with E-state index in [1.807, 2.05) is 12.1 Å². The molecular weight excluding hydrogens is 781 g/mol. The maximum absolute atomic E-state index is 12.3. The summed E-state index contributed by atoms with van der Waals surface area (Å²) in [5.74, 6) is 0.260. The molecule has 2 heterocycles. The van der Waals surface area contributed by atoms with Gasteiger partial charge in [0.15, 0.2) is 0 Å². The average molecular weight is 841 g/mol. The van der Waals surface area contributed by atoms with E-state index in [1.54, 1.807) is 12.1 Å². The quantitative estimate of drug-likeness (QED) is 0.182. The van der Waals surface area contributed by atoms with Gasteiger partial charge in [0.1, 0.15) is 23.1 Å². The van der Waals surface area contributed by atoms with E-state index in [2.05, 4.69) is 25.1 Å². The first-order valence-corrected chi connectivity index (χ1v) is 20.7. The largest absolute Gasteiger partial charge is 0.507 e. The van der Waals surface area contributed by atoms with Crippen molar-refractivity contribution in [3.63, 3.8) is 0 Å². The summed E-state index contributed by atoms with van der Waals surface area (Å²) in [6.45, 7) is 12.5. The van der Waals surface area contributed by atoms with Crippen molar-refractivity contribution in [2.75, 3.05) is 33.2 Å². The summed E-state index contributed by atoms with van der Waals surface area (Å²) in [4.78, 5) is 26.2. The molecule has 2 amide bonds. The van der Waals surface area contributed by atoms with Gasteiger partial charge in [0.2, 0.25) is 0 Å². The Morgan fingerprint density at radius 3 is 1.84 bits per heavy atom. The minimum absolute atomic E-state index is 0. The smallest absolute Gasteiger partial charge is 0.252 e. The molecule has 2 aliphatic heterocycles. The number of rotatable bonds is 6. The predicted molar refractivity (Wildman–Crippen MR) is 210 cm³/mol. The Kier molecular flexibility index (Phi) is 9.86. The van der Waals surface area contributed by atoms with Crippen LogP contribution in [0.4, 0.5) is 0 Å². The normalized spacial score (nSPS) is 36.7. The first kappa shape index (κ1) is 40.2. The Labute approximate surface area is 355 Å². The van der Waals surface area contributed by atoms with Gasteiger partial charge in [-0.05, 0) is 113 Å². The molecule has 0 aromatic heterocycles. The number of hydrogen-bond acceptors (Lipinski definition) is 7. The number of piperidine rings is 2. The van der Waals surface area contributed by atoms with Crippen LogP contribution in [-0.2, 0) is 56.4 Å². The molecule has 2 aromatic rings. The third-order valence-corrected chi connectivity index (χ3v) is 16.1. The molecule has 6 fully saturated rings. The Morgan fingerprint density at radius 2 is 1.30 bits per heavy atom. The zero-order chi connectivity index (χ0) is 38.9. The Balaban J connectivity index is 0.000000155. The van der Waals surface area contributed by atoms with Crippen molar-refractivity contribution >= 4 is 11.8 Å². The minimum atomic E-state index is -0.901. The summed E-state index contributed by atoms with van der Waals surface area (Å²) in [5, 5.41) is 46.4. The summed E-state index contributed by atoms with van der Waals surface area (Å²) in [6, 6.07) is 7.34. The molecule has 10 nitrogen and oxygen atoms in total. The van der Waals surface area contributed by atoms with Gasteiger partial charge in [-0.1, -0.05) is 36.4 Å². The number of amides is 2. The van der Waals surface area contributed by atoms with Crippen molar-refractivity contribution in [1.82, 2.24) is 4.90 Å². The van der Waals surface area contributed by atoms with Crippen LogP contribution in [0.15, 0.2) is 48.6 Å². The maximum Gasteiger partial charge on any atom is 0.252 e. The minimum Gasteiger partial charge on any atom is -0.507 e.